The van der Waals surface area contributed by atoms with Crippen LogP contribution in [0.5, 0.6) is 0 Å². The first-order valence-corrected chi connectivity index (χ1v) is 7.44. The zero-order chi connectivity index (χ0) is 14.2. The third kappa shape index (κ3) is 7.38. The average molecular weight is 258 g/mol. The maximum atomic E-state index is 5.64. The molecule has 0 aliphatic carbocycles. The van der Waals surface area contributed by atoms with Crippen molar-refractivity contribution in [1.82, 2.24) is 0 Å². The highest BCUT2D eigenvalue weighted by molar-refractivity contribution is 4.78. The summed E-state index contributed by atoms with van der Waals surface area (Å²) in [6.07, 6.45) is 4.02. The largest absolute Gasteiger partial charge is 0.384 e. The molecule has 2 unspecified atom stereocenters. The third-order valence-corrected chi connectivity index (χ3v) is 3.86. The predicted octanol–water partition coefficient (Wildman–Crippen LogP) is 4.53. The summed E-state index contributed by atoms with van der Waals surface area (Å²) in [5.74, 6) is 1.45. The van der Waals surface area contributed by atoms with Crippen molar-refractivity contribution in [3.63, 3.8) is 0 Å². The van der Waals surface area contributed by atoms with E-state index in [4.69, 9.17) is 9.47 Å². The Balaban J connectivity index is 4.11. The number of methoxy groups -OCH3 is 1. The Morgan fingerprint density at radius 2 is 1.72 bits per heavy atom. The summed E-state index contributed by atoms with van der Waals surface area (Å²) in [4.78, 5) is 0. The minimum Gasteiger partial charge on any atom is -0.384 e. The minimum atomic E-state index is 0.274. The predicted molar refractivity (Wildman–Crippen MR) is 78.9 cm³/mol. The molecule has 110 valence electrons. The Morgan fingerprint density at radius 3 is 2.17 bits per heavy atom. The fourth-order valence-corrected chi connectivity index (χ4v) is 2.64. The average Bonchev–Trinajstić information content (AvgIpc) is 2.25. The van der Waals surface area contributed by atoms with E-state index < -0.39 is 0 Å². The van der Waals surface area contributed by atoms with E-state index in [1.807, 2.05) is 0 Å². The summed E-state index contributed by atoms with van der Waals surface area (Å²) < 4.78 is 11.0. The normalized spacial score (nSPS) is 16.0. The van der Waals surface area contributed by atoms with E-state index >= 15 is 0 Å². The molecule has 2 atom stereocenters. The van der Waals surface area contributed by atoms with Crippen LogP contribution in [-0.4, -0.2) is 26.4 Å². The van der Waals surface area contributed by atoms with Crippen LogP contribution in [0, 0.1) is 17.3 Å². The van der Waals surface area contributed by atoms with Crippen molar-refractivity contribution in [2.24, 2.45) is 17.3 Å². The van der Waals surface area contributed by atoms with Crippen LogP contribution in [0.4, 0.5) is 0 Å². The Kier molecular flexibility index (Phi) is 8.89. The topological polar surface area (TPSA) is 18.5 Å². The van der Waals surface area contributed by atoms with Gasteiger partial charge < -0.3 is 9.47 Å². The van der Waals surface area contributed by atoms with Crippen LogP contribution >= 0.6 is 0 Å². The molecule has 0 aromatic carbocycles. The summed E-state index contributed by atoms with van der Waals surface area (Å²) >= 11 is 0. The van der Waals surface area contributed by atoms with Crippen LogP contribution in [0.3, 0.4) is 0 Å². The van der Waals surface area contributed by atoms with Gasteiger partial charge in [-0.2, -0.15) is 0 Å². The first-order valence-electron chi connectivity index (χ1n) is 7.44. The van der Waals surface area contributed by atoms with Crippen molar-refractivity contribution in [2.45, 2.75) is 66.9 Å². The fraction of sp³-hybridized carbons (Fsp3) is 1.00. The van der Waals surface area contributed by atoms with Crippen molar-refractivity contribution in [1.29, 1.82) is 0 Å². The lowest BCUT2D eigenvalue weighted by Crippen LogP contribution is -2.30. The monoisotopic (exact) mass is 258 g/mol. The molecule has 0 saturated carbocycles. The Labute approximate surface area is 114 Å². The molecule has 0 bridgehead atoms. The molecule has 0 N–H and O–H groups in total. The van der Waals surface area contributed by atoms with Crippen LogP contribution in [-0.2, 0) is 9.47 Å². The Morgan fingerprint density at radius 1 is 1.11 bits per heavy atom. The zero-order valence-corrected chi connectivity index (χ0v) is 13.6. The molecule has 0 fully saturated rings. The van der Waals surface area contributed by atoms with Gasteiger partial charge in [0.05, 0.1) is 12.7 Å². The molecular formula is C16H34O2. The van der Waals surface area contributed by atoms with E-state index in [0.29, 0.717) is 6.10 Å². The molecule has 0 saturated heterocycles. The minimum absolute atomic E-state index is 0.274. The lowest BCUT2D eigenvalue weighted by atomic mass is 9.73. The Bertz CT molecular complexity index is 199. The van der Waals surface area contributed by atoms with Crippen molar-refractivity contribution in [3.8, 4) is 0 Å². The van der Waals surface area contributed by atoms with Gasteiger partial charge in [-0.3, -0.25) is 0 Å². The van der Waals surface area contributed by atoms with E-state index in [1.165, 1.54) is 12.8 Å². The summed E-state index contributed by atoms with van der Waals surface area (Å²) in [7, 11) is 1.80. The van der Waals surface area contributed by atoms with Gasteiger partial charge >= 0.3 is 0 Å². The molecule has 0 radical (unpaired) electrons. The van der Waals surface area contributed by atoms with Crippen LogP contribution in [0.1, 0.15) is 60.8 Å². The molecule has 0 aliphatic rings. The summed E-state index contributed by atoms with van der Waals surface area (Å²) in [5, 5.41) is 0. The molecule has 18 heavy (non-hydrogen) atoms. The lowest BCUT2D eigenvalue weighted by molar-refractivity contribution is 0.0385. The molecule has 2 nitrogen and oxygen atoms in total. The van der Waals surface area contributed by atoms with Gasteiger partial charge in [0.15, 0.2) is 0 Å². The molecule has 0 rings (SSSR count). The van der Waals surface area contributed by atoms with E-state index in [-0.39, 0.29) is 5.41 Å². The van der Waals surface area contributed by atoms with Gasteiger partial charge in [-0.1, -0.05) is 34.1 Å². The SMILES string of the molecule is CCC(CC(C)CCOC(C)C)C(C)(C)COC. The highest BCUT2D eigenvalue weighted by Gasteiger charge is 2.29. The second-order valence-electron chi connectivity index (χ2n) is 6.58. The Hall–Kier alpha value is -0.0800. The second-order valence-corrected chi connectivity index (χ2v) is 6.58. The van der Waals surface area contributed by atoms with Gasteiger partial charge in [-0.05, 0) is 43.9 Å². The molecular weight excluding hydrogens is 224 g/mol. The molecule has 0 spiro atoms. The lowest BCUT2D eigenvalue weighted by Gasteiger charge is -2.35. The number of rotatable bonds is 10. The third-order valence-electron chi connectivity index (χ3n) is 3.86. The molecule has 0 amide bonds. The van der Waals surface area contributed by atoms with E-state index in [2.05, 4.69) is 41.5 Å². The van der Waals surface area contributed by atoms with Gasteiger partial charge in [0.1, 0.15) is 0 Å². The summed E-state index contributed by atoms with van der Waals surface area (Å²) in [5.41, 5.74) is 0.274. The van der Waals surface area contributed by atoms with E-state index in [0.717, 1.165) is 31.5 Å². The standard InChI is InChI=1S/C16H34O2/c1-8-15(16(5,6)12-17-7)11-14(4)9-10-18-13(2)3/h13-15H,8-12H2,1-7H3. The number of hydrogen-bond donors (Lipinski definition) is 0. The second kappa shape index (κ2) is 8.92. The van der Waals surface area contributed by atoms with Crippen molar-refractivity contribution < 1.29 is 9.47 Å². The first kappa shape index (κ1) is 17.9. The van der Waals surface area contributed by atoms with Crippen molar-refractivity contribution in [3.05, 3.63) is 0 Å². The van der Waals surface area contributed by atoms with Crippen molar-refractivity contribution >= 4 is 0 Å². The smallest absolute Gasteiger partial charge is 0.0518 e. The number of hydrogen-bond acceptors (Lipinski definition) is 2. The maximum Gasteiger partial charge on any atom is 0.0518 e. The van der Waals surface area contributed by atoms with Crippen LogP contribution in [0.15, 0.2) is 0 Å². The van der Waals surface area contributed by atoms with Crippen LogP contribution in [0.25, 0.3) is 0 Å². The molecule has 0 aromatic heterocycles. The van der Waals surface area contributed by atoms with E-state index in [9.17, 15) is 0 Å². The van der Waals surface area contributed by atoms with Crippen molar-refractivity contribution in [2.75, 3.05) is 20.3 Å². The van der Waals surface area contributed by atoms with Gasteiger partial charge in [-0.25, -0.2) is 0 Å². The van der Waals surface area contributed by atoms with Gasteiger partial charge in [0, 0.05) is 13.7 Å². The zero-order valence-electron chi connectivity index (χ0n) is 13.6. The molecule has 2 heteroatoms. The van der Waals surface area contributed by atoms with Gasteiger partial charge in [0.25, 0.3) is 0 Å². The van der Waals surface area contributed by atoms with Gasteiger partial charge in [0.2, 0.25) is 0 Å². The molecule has 0 aromatic rings. The fourth-order valence-electron chi connectivity index (χ4n) is 2.64. The molecule has 0 heterocycles. The highest BCUT2D eigenvalue weighted by Crippen LogP contribution is 2.35. The highest BCUT2D eigenvalue weighted by atomic mass is 16.5. The van der Waals surface area contributed by atoms with Gasteiger partial charge in [-0.15, -0.1) is 0 Å². The summed E-state index contributed by atoms with van der Waals surface area (Å²) in [6, 6.07) is 0. The first-order chi connectivity index (χ1) is 8.33. The van der Waals surface area contributed by atoms with E-state index in [1.54, 1.807) is 7.11 Å². The van der Waals surface area contributed by atoms with Crippen LogP contribution in [0.2, 0.25) is 0 Å². The quantitative estimate of drug-likeness (QED) is 0.573. The number of ether oxygens (including phenoxy) is 2. The van der Waals surface area contributed by atoms with Crippen LogP contribution < -0.4 is 0 Å². The summed E-state index contributed by atoms with van der Waals surface area (Å²) in [6.45, 7) is 15.2. The molecule has 0 aliphatic heterocycles. The maximum absolute atomic E-state index is 5.64.